The van der Waals surface area contributed by atoms with Gasteiger partial charge in [0.25, 0.3) is 0 Å². The number of hydrogen-bond acceptors (Lipinski definition) is 2. The Balaban J connectivity index is 1.70. The van der Waals surface area contributed by atoms with E-state index in [1.54, 1.807) is 0 Å². The molecular weight excluding hydrogens is 288 g/mol. The molecule has 1 N–H and O–H groups in total. The van der Waals surface area contributed by atoms with Crippen LogP contribution < -0.4 is 5.32 Å². The average Bonchev–Trinajstić information content (AvgIpc) is 2.80. The summed E-state index contributed by atoms with van der Waals surface area (Å²) in [5.74, 6) is 0. The summed E-state index contributed by atoms with van der Waals surface area (Å²) in [5, 5.41) is 3.63. The van der Waals surface area contributed by atoms with Crippen molar-refractivity contribution in [2.24, 2.45) is 0 Å². The van der Waals surface area contributed by atoms with Gasteiger partial charge in [-0.1, -0.05) is 22.0 Å². The van der Waals surface area contributed by atoms with E-state index in [-0.39, 0.29) is 0 Å². The molecule has 18 heavy (non-hydrogen) atoms. The molecule has 92 valence electrons. The molecule has 0 bridgehead atoms. The quantitative estimate of drug-likeness (QED) is 0.937. The van der Waals surface area contributed by atoms with Gasteiger partial charge >= 0.3 is 0 Å². The van der Waals surface area contributed by atoms with Gasteiger partial charge in [0.1, 0.15) is 0 Å². The number of aryl methyl sites for hydroxylation is 1. The Hall–Kier alpha value is -1.19. The molecule has 3 rings (SSSR count). The van der Waals surface area contributed by atoms with E-state index in [1.165, 1.54) is 34.0 Å². The molecule has 0 spiro atoms. The standard InChI is InChI=1S/C15H15BrN2/c16-13-2-3-14-12(9-13)1-4-15(14)18-10-11-5-7-17-8-6-11/h2-3,5-9,15,18H,1,4,10H2. The molecule has 1 unspecified atom stereocenters. The van der Waals surface area contributed by atoms with Crippen LogP contribution in [-0.4, -0.2) is 4.98 Å². The molecule has 0 amide bonds. The van der Waals surface area contributed by atoms with E-state index < -0.39 is 0 Å². The Bertz CT molecular complexity index is 539. The normalized spacial score (nSPS) is 17.7. The van der Waals surface area contributed by atoms with Crippen molar-refractivity contribution < 1.29 is 0 Å². The van der Waals surface area contributed by atoms with Gasteiger partial charge in [-0.15, -0.1) is 0 Å². The van der Waals surface area contributed by atoms with Gasteiger partial charge in [-0.3, -0.25) is 4.98 Å². The number of hydrogen-bond donors (Lipinski definition) is 1. The minimum Gasteiger partial charge on any atom is -0.306 e. The lowest BCUT2D eigenvalue weighted by molar-refractivity contribution is 0.530. The van der Waals surface area contributed by atoms with E-state index >= 15 is 0 Å². The van der Waals surface area contributed by atoms with E-state index in [0.29, 0.717) is 6.04 Å². The smallest absolute Gasteiger partial charge is 0.0329 e. The van der Waals surface area contributed by atoms with Crippen molar-refractivity contribution in [3.05, 3.63) is 63.9 Å². The van der Waals surface area contributed by atoms with Crippen LogP contribution in [0, 0.1) is 0 Å². The summed E-state index contributed by atoms with van der Waals surface area (Å²) >= 11 is 3.53. The first kappa shape index (κ1) is 11.9. The van der Waals surface area contributed by atoms with Gasteiger partial charge < -0.3 is 5.32 Å². The zero-order chi connectivity index (χ0) is 12.4. The summed E-state index contributed by atoms with van der Waals surface area (Å²) in [6, 6.07) is 11.2. The molecule has 0 aliphatic heterocycles. The molecule has 2 nitrogen and oxygen atoms in total. The van der Waals surface area contributed by atoms with Crippen molar-refractivity contribution in [1.29, 1.82) is 0 Å². The molecule has 1 aromatic carbocycles. The van der Waals surface area contributed by atoms with Gasteiger partial charge in [0.2, 0.25) is 0 Å². The molecule has 0 saturated carbocycles. The second-order valence-corrected chi connectivity index (χ2v) is 5.59. The maximum Gasteiger partial charge on any atom is 0.0329 e. The van der Waals surface area contributed by atoms with Crippen molar-refractivity contribution in [3.8, 4) is 0 Å². The monoisotopic (exact) mass is 302 g/mol. The van der Waals surface area contributed by atoms with Gasteiger partial charge in [0, 0.05) is 29.5 Å². The molecule has 1 heterocycles. The number of aromatic nitrogens is 1. The van der Waals surface area contributed by atoms with Crippen molar-refractivity contribution in [2.75, 3.05) is 0 Å². The molecule has 1 aliphatic carbocycles. The van der Waals surface area contributed by atoms with E-state index in [9.17, 15) is 0 Å². The highest BCUT2D eigenvalue weighted by molar-refractivity contribution is 9.10. The summed E-state index contributed by atoms with van der Waals surface area (Å²) in [7, 11) is 0. The number of nitrogens with one attached hydrogen (secondary N) is 1. The third-order valence-corrected chi connectivity index (χ3v) is 3.98. The van der Waals surface area contributed by atoms with Crippen LogP contribution in [0.3, 0.4) is 0 Å². The Morgan fingerprint density at radius 2 is 2.06 bits per heavy atom. The highest BCUT2D eigenvalue weighted by Crippen LogP contribution is 2.33. The number of benzene rings is 1. The van der Waals surface area contributed by atoms with E-state index in [0.717, 1.165) is 6.54 Å². The van der Waals surface area contributed by atoms with E-state index in [2.05, 4.69) is 56.6 Å². The van der Waals surface area contributed by atoms with Crippen LogP contribution in [0.1, 0.15) is 29.2 Å². The van der Waals surface area contributed by atoms with Crippen LogP contribution in [0.15, 0.2) is 47.2 Å². The molecule has 0 saturated heterocycles. The van der Waals surface area contributed by atoms with E-state index in [4.69, 9.17) is 0 Å². The Morgan fingerprint density at radius 3 is 2.89 bits per heavy atom. The first-order chi connectivity index (χ1) is 8.83. The molecule has 1 aliphatic rings. The number of nitrogens with zero attached hydrogens (tertiary/aromatic N) is 1. The van der Waals surface area contributed by atoms with Crippen LogP contribution in [0.25, 0.3) is 0 Å². The largest absolute Gasteiger partial charge is 0.306 e. The average molecular weight is 303 g/mol. The second-order valence-electron chi connectivity index (χ2n) is 4.67. The first-order valence-corrected chi connectivity index (χ1v) is 7.03. The fourth-order valence-electron chi connectivity index (χ4n) is 2.54. The van der Waals surface area contributed by atoms with Crippen molar-refractivity contribution >= 4 is 15.9 Å². The fourth-order valence-corrected chi connectivity index (χ4v) is 2.95. The lowest BCUT2D eigenvalue weighted by atomic mass is 10.1. The Kier molecular flexibility index (Phi) is 3.43. The Labute approximate surface area is 116 Å². The number of pyridine rings is 1. The molecule has 1 atom stereocenters. The fraction of sp³-hybridized carbons (Fsp3) is 0.267. The van der Waals surface area contributed by atoms with Gasteiger partial charge in [0.05, 0.1) is 0 Å². The molecule has 0 radical (unpaired) electrons. The highest BCUT2D eigenvalue weighted by atomic mass is 79.9. The summed E-state index contributed by atoms with van der Waals surface area (Å²) in [4.78, 5) is 4.04. The molecule has 1 aromatic heterocycles. The molecule has 3 heteroatoms. The first-order valence-electron chi connectivity index (χ1n) is 6.23. The van der Waals surface area contributed by atoms with Crippen LogP contribution in [-0.2, 0) is 13.0 Å². The van der Waals surface area contributed by atoms with Crippen molar-refractivity contribution in [2.45, 2.75) is 25.4 Å². The minimum atomic E-state index is 0.487. The lowest BCUT2D eigenvalue weighted by Crippen LogP contribution is -2.18. The van der Waals surface area contributed by atoms with Crippen molar-refractivity contribution in [3.63, 3.8) is 0 Å². The van der Waals surface area contributed by atoms with Gasteiger partial charge in [-0.25, -0.2) is 0 Å². The number of fused-ring (bicyclic) bond motifs is 1. The predicted octanol–water partition coefficient (Wildman–Crippen LogP) is 3.62. The maximum absolute atomic E-state index is 4.04. The summed E-state index contributed by atoms with van der Waals surface area (Å²) in [6.07, 6.45) is 6.05. The molecule has 0 fully saturated rings. The third kappa shape index (κ3) is 2.47. The van der Waals surface area contributed by atoms with E-state index in [1.807, 2.05) is 12.4 Å². The maximum atomic E-state index is 4.04. The summed E-state index contributed by atoms with van der Waals surface area (Å²) in [5.41, 5.74) is 4.21. The van der Waals surface area contributed by atoms with Crippen LogP contribution in [0.4, 0.5) is 0 Å². The van der Waals surface area contributed by atoms with Crippen molar-refractivity contribution in [1.82, 2.24) is 10.3 Å². The summed E-state index contributed by atoms with van der Waals surface area (Å²) in [6.45, 7) is 0.905. The second kappa shape index (κ2) is 5.21. The van der Waals surface area contributed by atoms with Crippen LogP contribution >= 0.6 is 15.9 Å². The predicted molar refractivity (Wildman–Crippen MR) is 76.3 cm³/mol. The van der Waals surface area contributed by atoms with Gasteiger partial charge in [-0.2, -0.15) is 0 Å². The zero-order valence-electron chi connectivity index (χ0n) is 10.1. The van der Waals surface area contributed by atoms with Crippen LogP contribution in [0.5, 0.6) is 0 Å². The zero-order valence-corrected chi connectivity index (χ0v) is 11.7. The van der Waals surface area contributed by atoms with Gasteiger partial charge in [-0.05, 0) is 53.8 Å². The topological polar surface area (TPSA) is 24.9 Å². The Morgan fingerprint density at radius 1 is 1.22 bits per heavy atom. The summed E-state index contributed by atoms with van der Waals surface area (Å²) < 4.78 is 1.18. The highest BCUT2D eigenvalue weighted by Gasteiger charge is 2.21. The SMILES string of the molecule is Brc1ccc2c(c1)CCC2NCc1ccncc1. The molecular formula is C15H15BrN2. The third-order valence-electron chi connectivity index (χ3n) is 3.48. The molecule has 2 aromatic rings. The van der Waals surface area contributed by atoms with Gasteiger partial charge in [0.15, 0.2) is 0 Å². The van der Waals surface area contributed by atoms with Crippen LogP contribution in [0.2, 0.25) is 0 Å². The number of rotatable bonds is 3. The minimum absolute atomic E-state index is 0.487. The lowest BCUT2D eigenvalue weighted by Gasteiger charge is -2.14. The number of halogens is 1.